The van der Waals surface area contributed by atoms with Gasteiger partial charge in [-0.3, -0.25) is 9.69 Å². The Kier molecular flexibility index (Phi) is 7.65. The van der Waals surface area contributed by atoms with Crippen molar-refractivity contribution >= 4 is 17.9 Å². The third kappa shape index (κ3) is 5.55. The Hall–Kier alpha value is -2.87. The van der Waals surface area contributed by atoms with E-state index in [0.717, 1.165) is 31.2 Å². The Morgan fingerprint density at radius 2 is 1.73 bits per heavy atom. The number of amides is 3. The molecule has 1 aromatic rings. The maximum absolute atomic E-state index is 12.9. The number of carbonyl (C=O) groups is 3. The minimum absolute atomic E-state index is 0.179. The first-order valence-corrected chi connectivity index (χ1v) is 12.1. The van der Waals surface area contributed by atoms with Crippen LogP contribution in [0.3, 0.4) is 0 Å². The summed E-state index contributed by atoms with van der Waals surface area (Å²) in [4.78, 5) is 42.4. The van der Waals surface area contributed by atoms with E-state index in [-0.39, 0.29) is 18.6 Å². The molecular formula is C25H34N4O4. The Morgan fingerprint density at radius 1 is 1.03 bits per heavy atom. The van der Waals surface area contributed by atoms with Gasteiger partial charge in [0.25, 0.3) is 0 Å². The van der Waals surface area contributed by atoms with Crippen molar-refractivity contribution in [2.45, 2.75) is 45.1 Å². The van der Waals surface area contributed by atoms with Crippen LogP contribution >= 0.6 is 0 Å². The van der Waals surface area contributed by atoms with Gasteiger partial charge in [-0.25, -0.2) is 9.59 Å². The number of rotatable bonds is 6. The van der Waals surface area contributed by atoms with Crippen LogP contribution in [0.4, 0.5) is 4.79 Å². The summed E-state index contributed by atoms with van der Waals surface area (Å²) in [6, 6.07) is 8.55. The molecule has 2 N–H and O–H groups in total. The van der Waals surface area contributed by atoms with E-state index in [0.29, 0.717) is 49.9 Å². The van der Waals surface area contributed by atoms with Crippen molar-refractivity contribution in [1.29, 1.82) is 0 Å². The number of ether oxygens (including phenoxy) is 1. The average molecular weight is 455 g/mol. The Morgan fingerprint density at radius 3 is 2.39 bits per heavy atom. The van der Waals surface area contributed by atoms with Gasteiger partial charge in [-0.2, -0.15) is 0 Å². The summed E-state index contributed by atoms with van der Waals surface area (Å²) in [5.74, 6) is 0.0406. The van der Waals surface area contributed by atoms with Gasteiger partial charge in [0.1, 0.15) is 0 Å². The molecule has 1 saturated carbocycles. The third-order valence-corrected chi connectivity index (χ3v) is 6.80. The van der Waals surface area contributed by atoms with Crippen LogP contribution in [-0.2, 0) is 14.3 Å². The molecule has 33 heavy (non-hydrogen) atoms. The smallest absolute Gasteiger partial charge is 0.338 e. The molecule has 0 aromatic heterocycles. The molecular weight excluding hydrogens is 420 g/mol. The second kappa shape index (κ2) is 10.8. The van der Waals surface area contributed by atoms with Crippen LogP contribution in [0.2, 0.25) is 0 Å². The number of esters is 1. The lowest BCUT2D eigenvalue weighted by molar-refractivity contribution is -0.139. The van der Waals surface area contributed by atoms with E-state index in [1.165, 1.54) is 6.42 Å². The van der Waals surface area contributed by atoms with Gasteiger partial charge in [0.05, 0.1) is 18.2 Å². The Labute approximate surface area is 195 Å². The highest BCUT2D eigenvalue weighted by molar-refractivity contribution is 5.95. The quantitative estimate of drug-likeness (QED) is 0.645. The third-order valence-electron chi connectivity index (χ3n) is 6.80. The van der Waals surface area contributed by atoms with Gasteiger partial charge in [-0.1, -0.05) is 49.6 Å². The molecule has 1 unspecified atom stereocenters. The molecule has 3 amide bonds. The molecule has 2 aliphatic heterocycles. The summed E-state index contributed by atoms with van der Waals surface area (Å²) in [5, 5.41) is 5.71. The fourth-order valence-corrected chi connectivity index (χ4v) is 5.05. The van der Waals surface area contributed by atoms with Gasteiger partial charge in [0, 0.05) is 44.3 Å². The van der Waals surface area contributed by atoms with Crippen LogP contribution < -0.4 is 10.6 Å². The molecule has 8 heteroatoms. The van der Waals surface area contributed by atoms with Crippen molar-refractivity contribution < 1.29 is 19.1 Å². The fourth-order valence-electron chi connectivity index (χ4n) is 5.05. The number of benzene rings is 1. The van der Waals surface area contributed by atoms with E-state index >= 15 is 0 Å². The van der Waals surface area contributed by atoms with E-state index < -0.39 is 12.0 Å². The highest BCUT2D eigenvalue weighted by atomic mass is 16.5. The van der Waals surface area contributed by atoms with Crippen molar-refractivity contribution in [3.8, 4) is 0 Å². The molecule has 1 saturated heterocycles. The van der Waals surface area contributed by atoms with E-state index in [2.05, 4.69) is 15.5 Å². The zero-order chi connectivity index (χ0) is 23.2. The van der Waals surface area contributed by atoms with E-state index in [9.17, 15) is 14.4 Å². The molecule has 4 rings (SSSR count). The molecule has 3 aliphatic rings. The summed E-state index contributed by atoms with van der Waals surface area (Å²) < 4.78 is 5.34. The summed E-state index contributed by atoms with van der Waals surface area (Å²) in [5.41, 5.74) is 1.83. The van der Waals surface area contributed by atoms with Crippen LogP contribution in [0.15, 0.2) is 41.6 Å². The standard InChI is InChI=1S/C25H34N4O4/c1-2-33-24(31)21-20(26-25(32)27-22(21)18-9-5-3-6-10-18)17-28-13-15-29(16-14-28)23(30)19-11-7-4-8-12-19/h3,5-6,9-10,19,22H,2,4,7-8,11-17H2,1H3,(H2,26,27,32). The zero-order valence-corrected chi connectivity index (χ0v) is 19.3. The SMILES string of the molecule is CCOC(=O)C1=C(CN2CCN(C(=O)C3CCCCC3)CC2)NC(=O)NC1c1ccccc1. The predicted molar refractivity (Wildman–Crippen MR) is 124 cm³/mol. The molecule has 178 valence electrons. The van der Waals surface area contributed by atoms with Gasteiger partial charge in [0.15, 0.2) is 0 Å². The highest BCUT2D eigenvalue weighted by Crippen LogP contribution is 2.29. The summed E-state index contributed by atoms with van der Waals surface area (Å²) in [7, 11) is 0. The summed E-state index contributed by atoms with van der Waals surface area (Å²) in [6.45, 7) is 5.21. The van der Waals surface area contributed by atoms with Gasteiger partial charge < -0.3 is 20.3 Å². The number of urea groups is 1. The van der Waals surface area contributed by atoms with E-state index in [1.807, 2.05) is 35.2 Å². The van der Waals surface area contributed by atoms with Gasteiger partial charge in [0.2, 0.25) is 5.91 Å². The molecule has 1 atom stereocenters. The second-order valence-corrected chi connectivity index (χ2v) is 8.99. The number of nitrogens with zero attached hydrogens (tertiary/aromatic N) is 2. The van der Waals surface area contributed by atoms with Gasteiger partial charge in [-0.05, 0) is 25.3 Å². The number of piperazine rings is 1. The van der Waals surface area contributed by atoms with Crippen molar-refractivity contribution in [3.63, 3.8) is 0 Å². The maximum Gasteiger partial charge on any atom is 0.338 e. The molecule has 2 fully saturated rings. The van der Waals surface area contributed by atoms with Gasteiger partial charge in [-0.15, -0.1) is 0 Å². The molecule has 8 nitrogen and oxygen atoms in total. The lowest BCUT2D eigenvalue weighted by atomic mass is 9.88. The fraction of sp³-hybridized carbons (Fsp3) is 0.560. The lowest BCUT2D eigenvalue weighted by Gasteiger charge is -2.38. The Balaban J connectivity index is 1.48. The number of carbonyl (C=O) groups excluding carboxylic acids is 3. The molecule has 1 aliphatic carbocycles. The van der Waals surface area contributed by atoms with Crippen molar-refractivity contribution in [2.24, 2.45) is 5.92 Å². The van der Waals surface area contributed by atoms with Crippen molar-refractivity contribution in [1.82, 2.24) is 20.4 Å². The van der Waals surface area contributed by atoms with Crippen molar-refractivity contribution in [2.75, 3.05) is 39.3 Å². The summed E-state index contributed by atoms with van der Waals surface area (Å²) in [6.07, 6.45) is 5.55. The predicted octanol–water partition coefficient (Wildman–Crippen LogP) is 2.58. The number of hydrogen-bond donors (Lipinski definition) is 2. The largest absolute Gasteiger partial charge is 0.463 e. The molecule has 1 aromatic carbocycles. The Bertz CT molecular complexity index is 887. The second-order valence-electron chi connectivity index (χ2n) is 8.99. The molecule has 0 bridgehead atoms. The minimum atomic E-state index is -0.567. The first-order chi connectivity index (χ1) is 16.1. The zero-order valence-electron chi connectivity index (χ0n) is 19.3. The van der Waals surface area contributed by atoms with E-state index in [4.69, 9.17) is 4.74 Å². The topological polar surface area (TPSA) is 91.0 Å². The minimum Gasteiger partial charge on any atom is -0.463 e. The molecule has 2 heterocycles. The first-order valence-electron chi connectivity index (χ1n) is 12.1. The molecule has 0 radical (unpaired) electrons. The van der Waals surface area contributed by atoms with E-state index in [1.54, 1.807) is 6.92 Å². The number of hydrogen-bond acceptors (Lipinski definition) is 5. The van der Waals surface area contributed by atoms with Crippen molar-refractivity contribution in [3.05, 3.63) is 47.2 Å². The number of nitrogens with one attached hydrogen (secondary N) is 2. The van der Waals surface area contributed by atoms with Crippen LogP contribution in [0.5, 0.6) is 0 Å². The average Bonchev–Trinajstić information content (AvgIpc) is 2.85. The van der Waals surface area contributed by atoms with Crippen LogP contribution in [0.25, 0.3) is 0 Å². The molecule has 0 spiro atoms. The highest BCUT2D eigenvalue weighted by Gasteiger charge is 2.35. The maximum atomic E-state index is 12.9. The van der Waals surface area contributed by atoms with Crippen LogP contribution in [0, 0.1) is 5.92 Å². The lowest BCUT2D eigenvalue weighted by Crippen LogP contribution is -2.53. The normalized spacial score (nSPS) is 22.5. The van der Waals surface area contributed by atoms with Crippen LogP contribution in [-0.4, -0.2) is 67.0 Å². The van der Waals surface area contributed by atoms with Crippen LogP contribution in [0.1, 0.15) is 50.6 Å². The summed E-state index contributed by atoms with van der Waals surface area (Å²) >= 11 is 0. The monoisotopic (exact) mass is 454 g/mol. The first kappa shape index (κ1) is 23.3. The van der Waals surface area contributed by atoms with Gasteiger partial charge >= 0.3 is 12.0 Å².